The van der Waals surface area contributed by atoms with Gasteiger partial charge in [0, 0.05) is 11.1 Å². The number of hydrogen-bond acceptors (Lipinski definition) is 5. The lowest BCUT2D eigenvalue weighted by molar-refractivity contribution is -0.274. The minimum absolute atomic E-state index is 0.281. The zero-order valence-corrected chi connectivity index (χ0v) is 21.6. The van der Waals surface area contributed by atoms with Gasteiger partial charge in [0.1, 0.15) is 17.8 Å². The van der Waals surface area contributed by atoms with Crippen molar-refractivity contribution in [3.05, 3.63) is 90.3 Å². The van der Waals surface area contributed by atoms with E-state index in [1.165, 1.54) is 12.1 Å². The van der Waals surface area contributed by atoms with Gasteiger partial charge >= 0.3 is 6.36 Å². The molecule has 4 aromatic carbocycles. The number of hydrogen-bond donors (Lipinski definition) is 2. The van der Waals surface area contributed by atoms with Crippen LogP contribution in [0.25, 0.3) is 27.5 Å². The van der Waals surface area contributed by atoms with Crippen molar-refractivity contribution >= 4 is 51.0 Å². The van der Waals surface area contributed by atoms with E-state index in [4.69, 9.17) is 17.0 Å². The Hall–Kier alpha value is -4.64. The first-order chi connectivity index (χ1) is 18.7. The number of para-hydroxylation sites is 1. The molecule has 0 bridgehead atoms. The standard InChI is InChI=1S/C28H22F3N5O2S/c1-17-4-3-5-24(37-2)25(17)34-27(39)35-33-15-18-6-12-22-19(14-18)7-13-23-26(22)32-16-36(23)20-8-10-21(11-9-20)38-28(29,30)31/h3-16H,1-2H3,(H2,34,35,39)/b33-15+. The molecule has 0 saturated carbocycles. The number of methoxy groups -OCH3 is 1. The number of anilines is 1. The molecule has 0 aliphatic rings. The number of halogens is 3. The van der Waals surface area contributed by atoms with E-state index in [9.17, 15) is 13.2 Å². The van der Waals surface area contributed by atoms with Gasteiger partial charge in [-0.15, -0.1) is 13.2 Å². The fourth-order valence-electron chi connectivity index (χ4n) is 4.20. The highest BCUT2D eigenvalue weighted by Gasteiger charge is 2.31. The third-order valence-corrected chi connectivity index (χ3v) is 6.17. The number of ether oxygens (including phenoxy) is 2. The topological polar surface area (TPSA) is 72.7 Å². The highest BCUT2D eigenvalue weighted by Crippen LogP contribution is 2.29. The zero-order valence-electron chi connectivity index (χ0n) is 20.8. The van der Waals surface area contributed by atoms with Crippen LogP contribution in [0.3, 0.4) is 0 Å². The van der Waals surface area contributed by atoms with Gasteiger partial charge in [0.25, 0.3) is 0 Å². The SMILES string of the molecule is COc1cccc(C)c1NC(=S)N/N=C/c1ccc2c(ccc3c2ncn3-c2ccc(OC(F)(F)F)cc2)c1. The number of nitrogens with one attached hydrogen (secondary N) is 2. The van der Waals surface area contributed by atoms with Crippen LogP contribution in [0.1, 0.15) is 11.1 Å². The molecular formula is C28H22F3N5O2S. The normalized spacial score (nSPS) is 11.7. The van der Waals surface area contributed by atoms with E-state index >= 15 is 0 Å². The van der Waals surface area contributed by atoms with Crippen molar-refractivity contribution in [1.29, 1.82) is 0 Å². The summed E-state index contributed by atoms with van der Waals surface area (Å²) < 4.78 is 48.5. The molecule has 39 heavy (non-hydrogen) atoms. The van der Waals surface area contributed by atoms with Gasteiger partial charge in [-0.25, -0.2) is 4.98 Å². The first-order valence-electron chi connectivity index (χ1n) is 11.7. The quantitative estimate of drug-likeness (QED) is 0.139. The molecule has 5 aromatic rings. The summed E-state index contributed by atoms with van der Waals surface area (Å²) >= 11 is 5.36. The molecule has 198 valence electrons. The Labute approximate surface area is 226 Å². The average molecular weight is 550 g/mol. The second-order valence-corrected chi connectivity index (χ2v) is 8.95. The Morgan fingerprint density at radius 1 is 1.05 bits per heavy atom. The molecule has 1 aromatic heterocycles. The number of rotatable bonds is 6. The van der Waals surface area contributed by atoms with E-state index in [1.807, 2.05) is 60.0 Å². The van der Waals surface area contributed by atoms with E-state index in [1.54, 1.807) is 31.8 Å². The first kappa shape index (κ1) is 26.0. The van der Waals surface area contributed by atoms with Gasteiger partial charge in [-0.3, -0.25) is 9.99 Å². The van der Waals surface area contributed by atoms with E-state index in [-0.39, 0.29) is 5.75 Å². The maximum atomic E-state index is 12.5. The van der Waals surface area contributed by atoms with Crippen molar-refractivity contribution in [2.75, 3.05) is 12.4 Å². The lowest BCUT2D eigenvalue weighted by Gasteiger charge is -2.13. The molecule has 5 rings (SSSR count). The molecule has 0 unspecified atom stereocenters. The van der Waals surface area contributed by atoms with Crippen LogP contribution in [-0.2, 0) is 0 Å². The lowest BCUT2D eigenvalue weighted by Crippen LogP contribution is -2.24. The van der Waals surface area contributed by atoms with Crippen molar-refractivity contribution in [2.24, 2.45) is 5.10 Å². The molecule has 2 N–H and O–H groups in total. The van der Waals surface area contributed by atoms with Crippen LogP contribution < -0.4 is 20.2 Å². The van der Waals surface area contributed by atoms with E-state index in [0.29, 0.717) is 16.5 Å². The molecule has 0 spiro atoms. The molecular weight excluding hydrogens is 527 g/mol. The van der Waals surface area contributed by atoms with Crippen LogP contribution in [-0.4, -0.2) is 34.4 Å². The van der Waals surface area contributed by atoms with Crippen molar-refractivity contribution in [3.8, 4) is 17.2 Å². The van der Waals surface area contributed by atoms with Crippen molar-refractivity contribution in [3.63, 3.8) is 0 Å². The maximum absolute atomic E-state index is 12.5. The Morgan fingerprint density at radius 2 is 1.85 bits per heavy atom. The van der Waals surface area contributed by atoms with Gasteiger partial charge in [-0.1, -0.05) is 30.3 Å². The largest absolute Gasteiger partial charge is 0.573 e. The molecule has 0 amide bonds. The highest BCUT2D eigenvalue weighted by molar-refractivity contribution is 7.80. The summed E-state index contributed by atoms with van der Waals surface area (Å²) in [7, 11) is 1.60. The van der Waals surface area contributed by atoms with Gasteiger partial charge in [-0.05, 0) is 78.1 Å². The molecule has 11 heteroatoms. The zero-order chi connectivity index (χ0) is 27.6. The van der Waals surface area contributed by atoms with Crippen molar-refractivity contribution in [1.82, 2.24) is 15.0 Å². The Bertz CT molecular complexity index is 1700. The fraction of sp³-hybridized carbons (Fsp3) is 0.107. The van der Waals surface area contributed by atoms with Crippen LogP contribution >= 0.6 is 12.2 Å². The molecule has 0 fully saturated rings. The molecule has 0 aliphatic carbocycles. The molecule has 0 aliphatic heterocycles. The van der Waals surface area contributed by atoms with Gasteiger partial charge in [-0.2, -0.15) is 5.10 Å². The Balaban J connectivity index is 1.32. The summed E-state index contributed by atoms with van der Waals surface area (Å²) in [6.45, 7) is 1.95. The van der Waals surface area contributed by atoms with Gasteiger partial charge < -0.3 is 14.8 Å². The van der Waals surface area contributed by atoms with Gasteiger partial charge in [0.05, 0.1) is 30.0 Å². The van der Waals surface area contributed by atoms with E-state index < -0.39 is 6.36 Å². The second-order valence-electron chi connectivity index (χ2n) is 8.55. The first-order valence-corrected chi connectivity index (χ1v) is 12.1. The number of aryl methyl sites for hydroxylation is 1. The van der Waals surface area contributed by atoms with E-state index in [2.05, 4.69) is 25.6 Å². The number of thiocarbonyl (C=S) groups is 1. The smallest absolute Gasteiger partial charge is 0.495 e. The maximum Gasteiger partial charge on any atom is 0.573 e. The minimum atomic E-state index is -4.74. The monoisotopic (exact) mass is 549 g/mol. The third kappa shape index (κ3) is 5.78. The van der Waals surface area contributed by atoms with Crippen LogP contribution in [0, 0.1) is 6.92 Å². The molecule has 0 radical (unpaired) electrons. The predicted molar refractivity (Wildman–Crippen MR) is 150 cm³/mol. The average Bonchev–Trinajstić information content (AvgIpc) is 3.34. The summed E-state index contributed by atoms with van der Waals surface area (Å²) in [4.78, 5) is 4.55. The van der Waals surface area contributed by atoms with Crippen molar-refractivity contribution < 1.29 is 22.6 Å². The number of aromatic nitrogens is 2. The van der Waals surface area contributed by atoms with Gasteiger partial charge in [0.15, 0.2) is 5.11 Å². The Kier molecular flexibility index (Phi) is 7.07. The number of nitrogens with zero attached hydrogens (tertiary/aromatic N) is 3. The number of hydrazone groups is 1. The van der Waals surface area contributed by atoms with Crippen molar-refractivity contribution in [2.45, 2.75) is 13.3 Å². The lowest BCUT2D eigenvalue weighted by atomic mass is 10.1. The molecule has 0 atom stereocenters. The predicted octanol–water partition coefficient (Wildman–Crippen LogP) is 6.71. The van der Waals surface area contributed by atoms with Crippen LogP contribution in [0.5, 0.6) is 11.5 Å². The minimum Gasteiger partial charge on any atom is -0.495 e. The summed E-state index contributed by atoms with van der Waals surface area (Å²) in [6, 6.07) is 21.1. The summed E-state index contributed by atoms with van der Waals surface area (Å²) in [6.07, 6.45) is -1.43. The van der Waals surface area contributed by atoms with Crippen LogP contribution in [0.2, 0.25) is 0 Å². The van der Waals surface area contributed by atoms with Gasteiger partial charge in [0.2, 0.25) is 0 Å². The molecule has 1 heterocycles. The third-order valence-electron chi connectivity index (χ3n) is 5.98. The number of benzene rings is 4. The van der Waals surface area contributed by atoms with Crippen LogP contribution in [0.4, 0.5) is 18.9 Å². The number of fused-ring (bicyclic) bond motifs is 3. The Morgan fingerprint density at radius 3 is 2.59 bits per heavy atom. The summed E-state index contributed by atoms with van der Waals surface area (Å²) in [5, 5.41) is 9.56. The molecule has 0 saturated heterocycles. The molecule has 7 nitrogen and oxygen atoms in total. The van der Waals surface area contributed by atoms with Crippen LogP contribution in [0.15, 0.2) is 84.2 Å². The second kappa shape index (κ2) is 10.6. The number of imidazole rings is 1. The van der Waals surface area contributed by atoms with E-state index in [0.717, 1.165) is 38.6 Å². The summed E-state index contributed by atoms with van der Waals surface area (Å²) in [5.74, 6) is 0.398. The highest BCUT2D eigenvalue weighted by atomic mass is 32.1. The summed E-state index contributed by atoms with van der Waals surface area (Å²) in [5.41, 5.74) is 7.67. The number of alkyl halides is 3. The fourth-order valence-corrected chi connectivity index (χ4v) is 4.36.